The van der Waals surface area contributed by atoms with Crippen molar-refractivity contribution in [1.29, 1.82) is 0 Å². The van der Waals surface area contributed by atoms with Gasteiger partial charge in [-0.15, -0.1) is 0 Å². The highest BCUT2D eigenvalue weighted by molar-refractivity contribution is 6.31. The molecule has 2 aliphatic heterocycles. The molecule has 1 spiro atoms. The summed E-state index contributed by atoms with van der Waals surface area (Å²) < 4.78 is 12.2. The standard InChI is InChI=1S/C22H25ClO4/c1-2-14-3-5-15(6-4-14)9-18-19-13-26-22(20(19)7-8-21(18)23)11-16(25)10-17(12-24)27-22/h3-8,16-17,24-25H,2,9-13H2,1H3/t16?,17-,22+/m0/s1. The number of ether oxygens (including phenoxy) is 2. The maximum atomic E-state index is 10.3. The predicted molar refractivity (Wildman–Crippen MR) is 104 cm³/mol. The molecule has 4 rings (SSSR count). The Kier molecular flexibility index (Phi) is 5.28. The molecule has 1 fully saturated rings. The Bertz CT molecular complexity index is 820. The van der Waals surface area contributed by atoms with Crippen molar-refractivity contribution in [3.63, 3.8) is 0 Å². The topological polar surface area (TPSA) is 58.9 Å². The molecule has 4 nitrogen and oxygen atoms in total. The zero-order valence-electron chi connectivity index (χ0n) is 15.5. The van der Waals surface area contributed by atoms with E-state index >= 15 is 0 Å². The molecule has 1 saturated heterocycles. The van der Waals surface area contributed by atoms with E-state index in [4.69, 9.17) is 21.1 Å². The van der Waals surface area contributed by atoms with Crippen LogP contribution in [-0.4, -0.2) is 29.0 Å². The molecule has 27 heavy (non-hydrogen) atoms. The van der Waals surface area contributed by atoms with Crippen LogP contribution in [-0.2, 0) is 34.7 Å². The van der Waals surface area contributed by atoms with Gasteiger partial charge in [-0.2, -0.15) is 0 Å². The minimum Gasteiger partial charge on any atom is -0.394 e. The smallest absolute Gasteiger partial charge is 0.198 e. The van der Waals surface area contributed by atoms with Crippen molar-refractivity contribution in [2.75, 3.05) is 6.61 Å². The van der Waals surface area contributed by atoms with Crippen LogP contribution in [0.1, 0.15) is 47.6 Å². The first-order valence-electron chi connectivity index (χ1n) is 9.54. The van der Waals surface area contributed by atoms with Crippen LogP contribution in [0.25, 0.3) is 0 Å². The number of fused-ring (bicyclic) bond motifs is 2. The molecule has 2 aromatic carbocycles. The molecule has 144 valence electrons. The van der Waals surface area contributed by atoms with Gasteiger partial charge in [0.1, 0.15) is 0 Å². The van der Waals surface area contributed by atoms with Crippen LogP contribution in [0, 0.1) is 0 Å². The lowest BCUT2D eigenvalue weighted by molar-refractivity contribution is -0.302. The van der Waals surface area contributed by atoms with Crippen LogP contribution in [0.5, 0.6) is 0 Å². The summed E-state index contributed by atoms with van der Waals surface area (Å²) in [4.78, 5) is 0. The average Bonchev–Trinajstić information content (AvgIpc) is 3.01. The first-order valence-corrected chi connectivity index (χ1v) is 9.91. The number of benzene rings is 2. The summed E-state index contributed by atoms with van der Waals surface area (Å²) in [6.07, 6.45) is 1.52. The van der Waals surface area contributed by atoms with Gasteiger partial charge in [0.2, 0.25) is 0 Å². The highest BCUT2D eigenvalue weighted by atomic mass is 35.5. The number of rotatable bonds is 4. The van der Waals surface area contributed by atoms with Crippen molar-refractivity contribution in [1.82, 2.24) is 0 Å². The number of halogens is 1. The fourth-order valence-electron chi connectivity index (χ4n) is 4.18. The lowest BCUT2D eigenvalue weighted by atomic mass is 9.89. The van der Waals surface area contributed by atoms with E-state index in [1.165, 1.54) is 11.1 Å². The quantitative estimate of drug-likeness (QED) is 0.838. The molecule has 0 amide bonds. The number of aliphatic hydroxyl groups excluding tert-OH is 2. The Labute approximate surface area is 164 Å². The van der Waals surface area contributed by atoms with Gasteiger partial charge in [-0.1, -0.05) is 48.9 Å². The van der Waals surface area contributed by atoms with Gasteiger partial charge in [0.15, 0.2) is 5.79 Å². The zero-order chi connectivity index (χ0) is 19.0. The van der Waals surface area contributed by atoms with Crippen LogP contribution in [0.15, 0.2) is 36.4 Å². The van der Waals surface area contributed by atoms with Crippen molar-refractivity contribution in [2.45, 2.75) is 57.2 Å². The van der Waals surface area contributed by atoms with Crippen LogP contribution < -0.4 is 0 Å². The fraction of sp³-hybridized carbons (Fsp3) is 0.455. The SMILES string of the molecule is CCc1ccc(Cc2c(Cl)ccc3c2CO[C@@]32CC(O)C[C@@H](CO)O2)cc1. The van der Waals surface area contributed by atoms with E-state index in [1.54, 1.807) is 0 Å². The summed E-state index contributed by atoms with van der Waals surface area (Å²) in [5.41, 5.74) is 5.50. The van der Waals surface area contributed by atoms with E-state index in [9.17, 15) is 10.2 Å². The lowest BCUT2D eigenvalue weighted by Crippen LogP contribution is -2.45. The van der Waals surface area contributed by atoms with E-state index < -0.39 is 18.0 Å². The van der Waals surface area contributed by atoms with Gasteiger partial charge in [-0.25, -0.2) is 0 Å². The monoisotopic (exact) mass is 388 g/mol. The Hall–Kier alpha value is -1.43. The maximum absolute atomic E-state index is 10.3. The third-order valence-corrected chi connectivity index (χ3v) is 6.00. The molecular weight excluding hydrogens is 364 g/mol. The molecule has 0 aliphatic carbocycles. The highest BCUT2D eigenvalue weighted by Crippen LogP contribution is 2.47. The van der Waals surface area contributed by atoms with Gasteiger partial charge < -0.3 is 19.7 Å². The van der Waals surface area contributed by atoms with E-state index in [-0.39, 0.29) is 6.61 Å². The lowest BCUT2D eigenvalue weighted by Gasteiger charge is -2.40. The van der Waals surface area contributed by atoms with Crippen molar-refractivity contribution in [2.24, 2.45) is 0 Å². The second-order valence-electron chi connectivity index (χ2n) is 7.46. The summed E-state index contributed by atoms with van der Waals surface area (Å²) in [7, 11) is 0. The van der Waals surface area contributed by atoms with Crippen LogP contribution in [0.2, 0.25) is 5.02 Å². The second kappa shape index (κ2) is 7.53. The number of hydrogen-bond donors (Lipinski definition) is 2. The van der Waals surface area contributed by atoms with Gasteiger partial charge in [-0.3, -0.25) is 0 Å². The molecule has 5 heteroatoms. The van der Waals surface area contributed by atoms with Gasteiger partial charge in [0.25, 0.3) is 0 Å². The van der Waals surface area contributed by atoms with E-state index in [2.05, 4.69) is 31.2 Å². The van der Waals surface area contributed by atoms with Gasteiger partial charge in [0, 0.05) is 23.4 Å². The van der Waals surface area contributed by atoms with Gasteiger partial charge >= 0.3 is 0 Å². The highest BCUT2D eigenvalue weighted by Gasteiger charge is 2.48. The number of aryl methyl sites for hydroxylation is 1. The minimum absolute atomic E-state index is 0.137. The number of hydrogen-bond acceptors (Lipinski definition) is 4. The van der Waals surface area contributed by atoms with Crippen molar-refractivity contribution >= 4 is 11.6 Å². The zero-order valence-corrected chi connectivity index (χ0v) is 16.2. The third kappa shape index (κ3) is 3.53. The summed E-state index contributed by atoms with van der Waals surface area (Å²) >= 11 is 6.54. The second-order valence-corrected chi connectivity index (χ2v) is 7.86. The van der Waals surface area contributed by atoms with E-state index in [0.29, 0.717) is 24.5 Å². The molecule has 0 aromatic heterocycles. The van der Waals surface area contributed by atoms with E-state index in [1.807, 2.05) is 12.1 Å². The summed E-state index contributed by atoms with van der Waals surface area (Å²) in [6.45, 7) is 2.40. The molecule has 2 N–H and O–H groups in total. The maximum Gasteiger partial charge on any atom is 0.198 e. The summed E-state index contributed by atoms with van der Waals surface area (Å²) in [5.74, 6) is -0.994. The molecule has 2 aromatic rings. The van der Waals surface area contributed by atoms with Crippen LogP contribution >= 0.6 is 11.6 Å². The number of aliphatic hydroxyl groups is 2. The normalized spacial score (nSPS) is 27.1. The van der Waals surface area contributed by atoms with Gasteiger partial charge in [-0.05, 0) is 41.2 Å². The molecule has 1 unspecified atom stereocenters. The van der Waals surface area contributed by atoms with Crippen molar-refractivity contribution < 1.29 is 19.7 Å². The third-order valence-electron chi connectivity index (χ3n) is 5.65. The average molecular weight is 389 g/mol. The molecular formula is C22H25ClO4. The predicted octanol–water partition coefficient (Wildman–Crippen LogP) is 3.71. The van der Waals surface area contributed by atoms with Gasteiger partial charge in [0.05, 0.1) is 25.4 Å². The van der Waals surface area contributed by atoms with E-state index in [0.717, 1.165) is 29.5 Å². The largest absolute Gasteiger partial charge is 0.394 e. The van der Waals surface area contributed by atoms with Crippen LogP contribution in [0.4, 0.5) is 0 Å². The fourth-order valence-corrected chi connectivity index (χ4v) is 4.43. The Balaban J connectivity index is 1.68. The minimum atomic E-state index is -0.994. The Morgan fingerprint density at radius 1 is 1.15 bits per heavy atom. The first kappa shape index (κ1) is 18.9. The molecule has 0 radical (unpaired) electrons. The molecule has 0 bridgehead atoms. The molecule has 3 atom stereocenters. The van der Waals surface area contributed by atoms with Crippen molar-refractivity contribution in [3.05, 3.63) is 69.2 Å². The first-order chi connectivity index (χ1) is 13.0. The summed E-state index contributed by atoms with van der Waals surface area (Å²) in [6, 6.07) is 12.4. The Morgan fingerprint density at radius 3 is 2.59 bits per heavy atom. The van der Waals surface area contributed by atoms with Crippen LogP contribution in [0.3, 0.4) is 0 Å². The molecule has 2 aliphatic rings. The molecule has 2 heterocycles. The molecule has 0 saturated carbocycles. The Morgan fingerprint density at radius 2 is 1.89 bits per heavy atom. The summed E-state index contributed by atoms with van der Waals surface area (Å²) in [5, 5.41) is 20.5. The van der Waals surface area contributed by atoms with Crippen molar-refractivity contribution in [3.8, 4) is 0 Å².